The number of para-hydroxylation sites is 1. The van der Waals surface area contributed by atoms with E-state index in [1.807, 2.05) is 12.1 Å². The van der Waals surface area contributed by atoms with Gasteiger partial charge in [0.05, 0.1) is 6.04 Å². The van der Waals surface area contributed by atoms with Gasteiger partial charge in [-0.25, -0.2) is 0 Å². The van der Waals surface area contributed by atoms with Crippen LogP contribution in [0.5, 0.6) is 5.75 Å². The van der Waals surface area contributed by atoms with Crippen LogP contribution in [0, 0.1) is 0 Å². The predicted octanol–water partition coefficient (Wildman–Crippen LogP) is 2.73. The third-order valence-electron chi connectivity index (χ3n) is 3.43. The van der Waals surface area contributed by atoms with Crippen LogP contribution in [0.15, 0.2) is 42.7 Å². The largest absolute Gasteiger partial charge is 0.491 e. The first-order valence-corrected chi connectivity index (χ1v) is 6.46. The molecule has 0 bridgehead atoms. The summed E-state index contributed by atoms with van der Waals surface area (Å²) in [6.07, 6.45) is 4.31. The number of hydrogen-bond donors (Lipinski definition) is 1. The van der Waals surface area contributed by atoms with E-state index in [-0.39, 0.29) is 0 Å². The molecule has 1 N–H and O–H groups in total. The molecule has 0 amide bonds. The summed E-state index contributed by atoms with van der Waals surface area (Å²) in [6, 6.07) is 10.7. The maximum absolute atomic E-state index is 5.66. The van der Waals surface area contributed by atoms with Gasteiger partial charge in [-0.05, 0) is 24.6 Å². The molecule has 0 radical (unpaired) electrons. The summed E-state index contributed by atoms with van der Waals surface area (Å²) in [5.74, 6) is 1.01. The van der Waals surface area contributed by atoms with Gasteiger partial charge in [-0.15, -0.1) is 0 Å². The van der Waals surface area contributed by atoms with Crippen molar-refractivity contribution < 1.29 is 4.74 Å². The van der Waals surface area contributed by atoms with Gasteiger partial charge in [0.15, 0.2) is 0 Å². The van der Waals surface area contributed by atoms with Crippen molar-refractivity contribution in [2.45, 2.75) is 26.1 Å². The average Bonchev–Trinajstić information content (AvgIpc) is 3.03. The van der Waals surface area contributed by atoms with E-state index in [0.717, 1.165) is 25.4 Å². The van der Waals surface area contributed by atoms with Gasteiger partial charge in [-0.2, -0.15) is 0 Å². The minimum absolute atomic E-state index is 0.311. The number of aryl methyl sites for hydroxylation is 1. The van der Waals surface area contributed by atoms with Gasteiger partial charge < -0.3 is 14.6 Å². The molecule has 2 heterocycles. The molecule has 3 heteroatoms. The Morgan fingerprint density at radius 3 is 3.06 bits per heavy atom. The first kappa shape index (κ1) is 11.4. The Bertz CT molecular complexity index is 533. The maximum Gasteiger partial charge on any atom is 0.124 e. The van der Waals surface area contributed by atoms with E-state index in [1.165, 1.54) is 11.1 Å². The Labute approximate surface area is 107 Å². The number of hydrogen-bond acceptors (Lipinski definition) is 2. The van der Waals surface area contributed by atoms with Crippen LogP contribution >= 0.6 is 0 Å². The SMILES string of the molecule is CCn1ccc(CNC2COc3ccccc32)c1. The van der Waals surface area contributed by atoms with Crippen LogP contribution in [-0.2, 0) is 13.1 Å². The molecule has 0 aliphatic carbocycles. The normalized spacial score (nSPS) is 17.5. The lowest BCUT2D eigenvalue weighted by Crippen LogP contribution is -2.21. The van der Waals surface area contributed by atoms with Crippen LogP contribution in [0.1, 0.15) is 24.1 Å². The van der Waals surface area contributed by atoms with Crippen molar-refractivity contribution in [2.75, 3.05) is 6.61 Å². The van der Waals surface area contributed by atoms with Gasteiger partial charge in [0.25, 0.3) is 0 Å². The minimum atomic E-state index is 0.311. The Morgan fingerprint density at radius 1 is 1.33 bits per heavy atom. The second-order valence-corrected chi connectivity index (χ2v) is 4.63. The summed E-state index contributed by atoms with van der Waals surface area (Å²) >= 11 is 0. The van der Waals surface area contributed by atoms with Crippen molar-refractivity contribution >= 4 is 0 Å². The topological polar surface area (TPSA) is 26.2 Å². The molecule has 3 nitrogen and oxygen atoms in total. The van der Waals surface area contributed by atoms with Gasteiger partial charge in [-0.3, -0.25) is 0 Å². The monoisotopic (exact) mass is 242 g/mol. The molecule has 3 rings (SSSR count). The first-order chi connectivity index (χ1) is 8.86. The molecule has 0 saturated carbocycles. The summed E-state index contributed by atoms with van der Waals surface area (Å²) in [6.45, 7) is 4.79. The highest BCUT2D eigenvalue weighted by molar-refractivity contribution is 5.39. The van der Waals surface area contributed by atoms with E-state index < -0.39 is 0 Å². The van der Waals surface area contributed by atoms with Crippen molar-refractivity contribution in [1.29, 1.82) is 0 Å². The molecular formula is C15H18N2O. The molecule has 0 spiro atoms. The lowest BCUT2D eigenvalue weighted by atomic mass is 10.1. The number of nitrogens with zero attached hydrogens (tertiary/aromatic N) is 1. The fourth-order valence-corrected chi connectivity index (χ4v) is 2.36. The van der Waals surface area contributed by atoms with Crippen molar-refractivity contribution in [3.8, 4) is 5.75 Å². The molecule has 18 heavy (non-hydrogen) atoms. The Hall–Kier alpha value is -1.74. The maximum atomic E-state index is 5.66. The Kier molecular flexibility index (Phi) is 3.07. The molecule has 2 aromatic rings. The van der Waals surface area contributed by atoms with Crippen LogP contribution < -0.4 is 10.1 Å². The number of rotatable bonds is 4. The standard InChI is InChI=1S/C15H18N2O/c1-2-17-8-7-12(10-17)9-16-14-11-18-15-6-4-3-5-13(14)15/h3-8,10,14,16H,2,9,11H2,1H3. The second-order valence-electron chi connectivity index (χ2n) is 4.63. The minimum Gasteiger partial charge on any atom is -0.491 e. The molecule has 1 aliphatic heterocycles. The van der Waals surface area contributed by atoms with E-state index in [4.69, 9.17) is 4.74 Å². The van der Waals surface area contributed by atoms with Crippen LogP contribution in [0.4, 0.5) is 0 Å². The zero-order valence-electron chi connectivity index (χ0n) is 10.6. The molecule has 1 atom stereocenters. The fourth-order valence-electron chi connectivity index (χ4n) is 2.36. The van der Waals surface area contributed by atoms with Crippen molar-refractivity contribution in [2.24, 2.45) is 0 Å². The lowest BCUT2D eigenvalue weighted by Gasteiger charge is -2.10. The molecule has 1 aliphatic rings. The molecule has 1 aromatic heterocycles. The van der Waals surface area contributed by atoms with Crippen molar-refractivity contribution in [3.63, 3.8) is 0 Å². The van der Waals surface area contributed by atoms with Gasteiger partial charge >= 0.3 is 0 Å². The third-order valence-corrected chi connectivity index (χ3v) is 3.43. The lowest BCUT2D eigenvalue weighted by molar-refractivity contribution is 0.310. The Morgan fingerprint density at radius 2 is 2.22 bits per heavy atom. The quantitative estimate of drug-likeness (QED) is 0.892. The van der Waals surface area contributed by atoms with E-state index in [1.54, 1.807) is 0 Å². The number of nitrogens with one attached hydrogen (secondary N) is 1. The van der Waals surface area contributed by atoms with Crippen LogP contribution in [0.25, 0.3) is 0 Å². The number of aromatic nitrogens is 1. The highest BCUT2D eigenvalue weighted by Gasteiger charge is 2.22. The Balaban J connectivity index is 1.65. The molecule has 1 unspecified atom stereocenters. The van der Waals surface area contributed by atoms with E-state index in [9.17, 15) is 0 Å². The van der Waals surface area contributed by atoms with Crippen LogP contribution in [-0.4, -0.2) is 11.2 Å². The number of ether oxygens (including phenoxy) is 1. The van der Waals surface area contributed by atoms with E-state index in [2.05, 4.69) is 47.4 Å². The summed E-state index contributed by atoms with van der Waals surface area (Å²) in [5.41, 5.74) is 2.59. The van der Waals surface area contributed by atoms with Gasteiger partial charge in [0.1, 0.15) is 12.4 Å². The molecule has 0 fully saturated rings. The fraction of sp³-hybridized carbons (Fsp3) is 0.333. The summed E-state index contributed by atoms with van der Waals surface area (Å²) < 4.78 is 7.85. The molecule has 1 aromatic carbocycles. The first-order valence-electron chi connectivity index (χ1n) is 6.46. The highest BCUT2D eigenvalue weighted by Crippen LogP contribution is 2.31. The van der Waals surface area contributed by atoms with Gasteiger partial charge in [0, 0.05) is 31.0 Å². The van der Waals surface area contributed by atoms with Crippen molar-refractivity contribution in [1.82, 2.24) is 9.88 Å². The van der Waals surface area contributed by atoms with E-state index >= 15 is 0 Å². The molecule has 94 valence electrons. The second kappa shape index (κ2) is 4.86. The molecular weight excluding hydrogens is 224 g/mol. The zero-order chi connectivity index (χ0) is 12.4. The van der Waals surface area contributed by atoms with Gasteiger partial charge in [0.2, 0.25) is 0 Å². The predicted molar refractivity (Wildman–Crippen MR) is 71.6 cm³/mol. The summed E-state index contributed by atoms with van der Waals surface area (Å²) in [4.78, 5) is 0. The number of benzene rings is 1. The third kappa shape index (κ3) is 2.14. The number of fused-ring (bicyclic) bond motifs is 1. The average molecular weight is 242 g/mol. The highest BCUT2D eigenvalue weighted by atomic mass is 16.5. The van der Waals surface area contributed by atoms with E-state index in [0.29, 0.717) is 6.04 Å². The van der Waals surface area contributed by atoms with Crippen molar-refractivity contribution in [3.05, 3.63) is 53.9 Å². The zero-order valence-corrected chi connectivity index (χ0v) is 10.6. The summed E-state index contributed by atoms with van der Waals surface area (Å²) in [5, 5.41) is 3.55. The smallest absolute Gasteiger partial charge is 0.124 e. The van der Waals surface area contributed by atoms with Gasteiger partial charge in [-0.1, -0.05) is 18.2 Å². The molecule has 0 saturated heterocycles. The van der Waals surface area contributed by atoms with Crippen LogP contribution in [0.2, 0.25) is 0 Å². The summed E-state index contributed by atoms with van der Waals surface area (Å²) in [7, 11) is 0. The van der Waals surface area contributed by atoms with Crippen LogP contribution in [0.3, 0.4) is 0 Å².